The quantitative estimate of drug-likeness (QED) is 0.784. The van der Waals surface area contributed by atoms with Gasteiger partial charge >= 0.3 is 0 Å². The standard InChI is InChI=1S/C11H17N3/c12-6-11-13-1-2-14(11)7-8-3-9-5-10(9)4-8/h1-2,8-10H,3-7,12H2. The maximum atomic E-state index is 5.62. The third-order valence-electron chi connectivity index (χ3n) is 3.78. The van der Waals surface area contributed by atoms with Gasteiger partial charge in [0.1, 0.15) is 5.82 Å². The van der Waals surface area contributed by atoms with Crippen molar-refractivity contribution in [3.8, 4) is 0 Å². The molecule has 2 fully saturated rings. The number of aromatic nitrogens is 2. The van der Waals surface area contributed by atoms with Gasteiger partial charge in [-0.3, -0.25) is 0 Å². The number of imidazole rings is 1. The molecule has 2 unspecified atom stereocenters. The van der Waals surface area contributed by atoms with Crippen molar-refractivity contribution >= 4 is 0 Å². The molecule has 3 rings (SSSR count). The molecule has 0 bridgehead atoms. The molecule has 0 spiro atoms. The van der Waals surface area contributed by atoms with Gasteiger partial charge in [0.15, 0.2) is 0 Å². The second kappa shape index (κ2) is 3.09. The lowest BCUT2D eigenvalue weighted by molar-refractivity contribution is 0.409. The molecule has 0 radical (unpaired) electrons. The molecular formula is C11H17N3. The van der Waals surface area contributed by atoms with E-state index in [1.165, 1.54) is 19.3 Å². The molecule has 0 amide bonds. The van der Waals surface area contributed by atoms with Gasteiger partial charge in [-0.25, -0.2) is 4.98 Å². The minimum Gasteiger partial charge on any atom is -0.334 e. The fourth-order valence-electron chi connectivity index (χ4n) is 2.96. The van der Waals surface area contributed by atoms with Crippen molar-refractivity contribution < 1.29 is 0 Å². The van der Waals surface area contributed by atoms with E-state index in [-0.39, 0.29) is 0 Å². The summed E-state index contributed by atoms with van der Waals surface area (Å²) in [6.07, 6.45) is 8.30. The summed E-state index contributed by atoms with van der Waals surface area (Å²) >= 11 is 0. The van der Waals surface area contributed by atoms with Crippen molar-refractivity contribution in [2.45, 2.75) is 32.4 Å². The molecule has 0 aromatic carbocycles. The Balaban J connectivity index is 1.66. The largest absolute Gasteiger partial charge is 0.334 e. The van der Waals surface area contributed by atoms with Crippen LogP contribution in [-0.2, 0) is 13.1 Å². The van der Waals surface area contributed by atoms with Crippen LogP contribution in [0.15, 0.2) is 12.4 Å². The highest BCUT2D eigenvalue weighted by atomic mass is 15.1. The Morgan fingerprint density at radius 3 is 2.86 bits per heavy atom. The molecule has 2 aliphatic rings. The van der Waals surface area contributed by atoms with Gasteiger partial charge in [0.25, 0.3) is 0 Å². The normalized spacial score (nSPS) is 34.5. The van der Waals surface area contributed by atoms with E-state index in [4.69, 9.17) is 5.73 Å². The van der Waals surface area contributed by atoms with E-state index in [1.807, 2.05) is 6.20 Å². The zero-order valence-electron chi connectivity index (χ0n) is 8.39. The third kappa shape index (κ3) is 1.36. The molecule has 2 saturated carbocycles. The average molecular weight is 191 g/mol. The molecule has 2 atom stereocenters. The van der Waals surface area contributed by atoms with Crippen LogP contribution in [-0.4, -0.2) is 9.55 Å². The van der Waals surface area contributed by atoms with Crippen LogP contribution in [0.2, 0.25) is 0 Å². The van der Waals surface area contributed by atoms with Crippen LogP contribution in [0.25, 0.3) is 0 Å². The molecule has 1 aromatic heterocycles. The molecule has 2 aliphatic carbocycles. The van der Waals surface area contributed by atoms with Crippen molar-refractivity contribution in [3.05, 3.63) is 18.2 Å². The molecule has 1 heterocycles. The van der Waals surface area contributed by atoms with Gasteiger partial charge in [0.05, 0.1) is 6.54 Å². The fraction of sp³-hybridized carbons (Fsp3) is 0.727. The molecule has 0 aliphatic heterocycles. The molecular weight excluding hydrogens is 174 g/mol. The summed E-state index contributed by atoms with van der Waals surface area (Å²) < 4.78 is 2.23. The Morgan fingerprint density at radius 2 is 2.14 bits per heavy atom. The number of hydrogen-bond donors (Lipinski definition) is 1. The fourth-order valence-corrected chi connectivity index (χ4v) is 2.96. The zero-order chi connectivity index (χ0) is 9.54. The van der Waals surface area contributed by atoms with Gasteiger partial charge in [-0.05, 0) is 37.0 Å². The number of fused-ring (bicyclic) bond motifs is 1. The first-order valence-corrected chi connectivity index (χ1v) is 5.57. The van der Waals surface area contributed by atoms with E-state index < -0.39 is 0 Å². The summed E-state index contributed by atoms with van der Waals surface area (Å²) in [5.74, 6) is 4.07. The summed E-state index contributed by atoms with van der Waals surface area (Å²) in [5.41, 5.74) is 5.62. The van der Waals surface area contributed by atoms with Crippen LogP contribution in [0.1, 0.15) is 25.1 Å². The Hall–Kier alpha value is -0.830. The number of rotatable bonds is 3. The predicted molar refractivity (Wildman–Crippen MR) is 54.4 cm³/mol. The second-order valence-electron chi connectivity index (χ2n) is 4.79. The van der Waals surface area contributed by atoms with E-state index in [0.29, 0.717) is 6.54 Å². The van der Waals surface area contributed by atoms with Crippen molar-refractivity contribution in [2.75, 3.05) is 0 Å². The van der Waals surface area contributed by atoms with E-state index in [1.54, 1.807) is 0 Å². The summed E-state index contributed by atoms with van der Waals surface area (Å²) in [7, 11) is 0. The second-order valence-corrected chi connectivity index (χ2v) is 4.79. The topological polar surface area (TPSA) is 43.8 Å². The third-order valence-corrected chi connectivity index (χ3v) is 3.78. The van der Waals surface area contributed by atoms with Crippen LogP contribution in [0, 0.1) is 17.8 Å². The van der Waals surface area contributed by atoms with Crippen LogP contribution >= 0.6 is 0 Å². The molecule has 14 heavy (non-hydrogen) atoms. The maximum absolute atomic E-state index is 5.62. The lowest BCUT2D eigenvalue weighted by Gasteiger charge is -2.13. The summed E-state index contributed by atoms with van der Waals surface area (Å²) in [4.78, 5) is 4.24. The molecule has 3 heteroatoms. The summed E-state index contributed by atoms with van der Waals surface area (Å²) in [6, 6.07) is 0. The molecule has 0 saturated heterocycles. The molecule has 1 aromatic rings. The zero-order valence-corrected chi connectivity index (χ0v) is 8.39. The van der Waals surface area contributed by atoms with Gasteiger partial charge in [0, 0.05) is 18.9 Å². The van der Waals surface area contributed by atoms with Crippen LogP contribution < -0.4 is 5.73 Å². The van der Waals surface area contributed by atoms with E-state index in [9.17, 15) is 0 Å². The number of nitrogens with two attached hydrogens (primary N) is 1. The number of nitrogens with zero attached hydrogens (tertiary/aromatic N) is 2. The first kappa shape index (κ1) is 8.48. The highest BCUT2D eigenvalue weighted by molar-refractivity contribution is 4.98. The first-order valence-electron chi connectivity index (χ1n) is 5.57. The Kier molecular flexibility index (Phi) is 1.87. The first-order chi connectivity index (χ1) is 6.86. The van der Waals surface area contributed by atoms with Gasteiger partial charge in [-0.15, -0.1) is 0 Å². The number of hydrogen-bond acceptors (Lipinski definition) is 2. The minimum absolute atomic E-state index is 0.562. The van der Waals surface area contributed by atoms with E-state index >= 15 is 0 Å². The van der Waals surface area contributed by atoms with E-state index in [2.05, 4.69) is 15.7 Å². The Morgan fingerprint density at radius 1 is 1.36 bits per heavy atom. The highest BCUT2D eigenvalue weighted by Gasteiger charge is 2.45. The Bertz CT molecular complexity index is 321. The molecule has 2 N–H and O–H groups in total. The molecule has 3 nitrogen and oxygen atoms in total. The van der Waals surface area contributed by atoms with Gasteiger partial charge in [-0.2, -0.15) is 0 Å². The van der Waals surface area contributed by atoms with Crippen molar-refractivity contribution in [2.24, 2.45) is 23.5 Å². The van der Waals surface area contributed by atoms with Crippen LogP contribution in [0.3, 0.4) is 0 Å². The van der Waals surface area contributed by atoms with Crippen molar-refractivity contribution in [1.29, 1.82) is 0 Å². The maximum Gasteiger partial charge on any atom is 0.122 e. The van der Waals surface area contributed by atoms with Crippen LogP contribution in [0.5, 0.6) is 0 Å². The lowest BCUT2D eigenvalue weighted by Crippen LogP contribution is -2.13. The smallest absolute Gasteiger partial charge is 0.122 e. The summed E-state index contributed by atoms with van der Waals surface area (Å²) in [6.45, 7) is 1.70. The van der Waals surface area contributed by atoms with Gasteiger partial charge < -0.3 is 10.3 Å². The monoisotopic (exact) mass is 191 g/mol. The lowest BCUT2D eigenvalue weighted by atomic mass is 10.0. The highest BCUT2D eigenvalue weighted by Crippen LogP contribution is 2.54. The van der Waals surface area contributed by atoms with Gasteiger partial charge in [-0.1, -0.05) is 0 Å². The van der Waals surface area contributed by atoms with Crippen molar-refractivity contribution in [1.82, 2.24) is 9.55 Å². The predicted octanol–water partition coefficient (Wildman–Crippen LogP) is 1.39. The average Bonchev–Trinajstić information content (AvgIpc) is 2.66. The van der Waals surface area contributed by atoms with Crippen molar-refractivity contribution in [3.63, 3.8) is 0 Å². The molecule has 76 valence electrons. The SMILES string of the molecule is NCc1nccn1CC1CC2CC2C1. The van der Waals surface area contributed by atoms with E-state index in [0.717, 1.165) is 30.1 Å². The summed E-state index contributed by atoms with van der Waals surface area (Å²) in [5, 5.41) is 0. The minimum atomic E-state index is 0.562. The van der Waals surface area contributed by atoms with Crippen LogP contribution in [0.4, 0.5) is 0 Å². The van der Waals surface area contributed by atoms with Gasteiger partial charge in [0.2, 0.25) is 0 Å². The Labute approximate surface area is 84.3 Å².